The standard InChI is InChI=1S/C22H24ClF2N3O3/c1-14(20(29)27-17-9-10-19(18(23)12-17)31-22(24)25)28-11-5-6-15(13-28)21(30)26-16-7-3-2-4-8-16/h2-4,7-10,12,14-15,22H,5-6,11,13H2,1H3,(H,26,30)(H,27,29)/t14-,15-/m0/s1. The van der Waals surface area contributed by atoms with Gasteiger partial charge in [-0.1, -0.05) is 29.8 Å². The van der Waals surface area contributed by atoms with Gasteiger partial charge in [-0.05, 0) is 56.6 Å². The van der Waals surface area contributed by atoms with E-state index >= 15 is 0 Å². The first kappa shape index (κ1) is 23.0. The fourth-order valence-corrected chi connectivity index (χ4v) is 3.75. The number of nitrogens with one attached hydrogen (secondary N) is 2. The van der Waals surface area contributed by atoms with Gasteiger partial charge >= 0.3 is 6.61 Å². The zero-order valence-corrected chi connectivity index (χ0v) is 17.7. The molecule has 2 atom stereocenters. The first-order valence-corrected chi connectivity index (χ1v) is 10.4. The highest BCUT2D eigenvalue weighted by molar-refractivity contribution is 6.32. The van der Waals surface area contributed by atoms with Crippen molar-refractivity contribution in [2.45, 2.75) is 32.4 Å². The summed E-state index contributed by atoms with van der Waals surface area (Å²) in [6, 6.07) is 12.8. The predicted octanol–water partition coefficient (Wildman–Crippen LogP) is 4.62. The minimum absolute atomic E-state index is 0.0265. The number of rotatable bonds is 7. The molecule has 31 heavy (non-hydrogen) atoms. The van der Waals surface area contributed by atoms with Crippen molar-refractivity contribution in [3.05, 3.63) is 53.6 Å². The average Bonchev–Trinajstić information content (AvgIpc) is 2.75. The van der Waals surface area contributed by atoms with Crippen molar-refractivity contribution in [3.8, 4) is 5.75 Å². The Morgan fingerprint density at radius 1 is 1.13 bits per heavy atom. The summed E-state index contributed by atoms with van der Waals surface area (Å²) in [5.41, 5.74) is 1.12. The summed E-state index contributed by atoms with van der Waals surface area (Å²) < 4.78 is 29.0. The summed E-state index contributed by atoms with van der Waals surface area (Å²) in [7, 11) is 0. The Bertz CT molecular complexity index is 914. The molecule has 0 aliphatic carbocycles. The molecule has 0 aromatic heterocycles. The molecule has 1 saturated heterocycles. The molecule has 1 fully saturated rings. The van der Waals surface area contributed by atoms with Crippen molar-refractivity contribution in [3.63, 3.8) is 0 Å². The lowest BCUT2D eigenvalue weighted by Gasteiger charge is -2.35. The second-order valence-electron chi connectivity index (χ2n) is 7.38. The van der Waals surface area contributed by atoms with Gasteiger partial charge in [-0.3, -0.25) is 14.5 Å². The lowest BCUT2D eigenvalue weighted by atomic mass is 9.95. The molecule has 1 aliphatic rings. The number of carbonyl (C=O) groups excluding carboxylic acids is 2. The zero-order chi connectivity index (χ0) is 22.4. The van der Waals surface area contributed by atoms with Crippen LogP contribution in [0.1, 0.15) is 19.8 Å². The monoisotopic (exact) mass is 451 g/mol. The van der Waals surface area contributed by atoms with E-state index in [1.807, 2.05) is 35.2 Å². The molecule has 0 saturated carbocycles. The largest absolute Gasteiger partial charge is 0.433 e. The quantitative estimate of drug-likeness (QED) is 0.644. The van der Waals surface area contributed by atoms with E-state index < -0.39 is 12.7 Å². The van der Waals surface area contributed by atoms with Crippen molar-refractivity contribution in [1.29, 1.82) is 0 Å². The molecule has 1 heterocycles. The number of ether oxygens (including phenoxy) is 1. The molecule has 2 aromatic carbocycles. The summed E-state index contributed by atoms with van der Waals surface area (Å²) in [5, 5.41) is 5.63. The molecule has 166 valence electrons. The molecule has 0 radical (unpaired) electrons. The maximum absolute atomic E-state index is 12.7. The van der Waals surface area contributed by atoms with E-state index in [0.29, 0.717) is 18.8 Å². The maximum atomic E-state index is 12.7. The topological polar surface area (TPSA) is 70.7 Å². The highest BCUT2D eigenvalue weighted by Gasteiger charge is 2.31. The number of amides is 2. The molecule has 0 spiro atoms. The van der Waals surface area contributed by atoms with Crippen LogP contribution in [0.4, 0.5) is 20.2 Å². The molecule has 0 bridgehead atoms. The van der Waals surface area contributed by atoms with Crippen LogP contribution < -0.4 is 15.4 Å². The van der Waals surface area contributed by atoms with E-state index in [1.54, 1.807) is 6.92 Å². The van der Waals surface area contributed by atoms with Crippen LogP contribution in [-0.2, 0) is 9.59 Å². The van der Waals surface area contributed by atoms with Crippen molar-refractivity contribution < 1.29 is 23.1 Å². The molecule has 1 aliphatic heterocycles. The molecule has 6 nitrogen and oxygen atoms in total. The Labute approximate surface area is 184 Å². The number of anilines is 2. The Hall–Kier alpha value is -2.71. The second-order valence-corrected chi connectivity index (χ2v) is 7.79. The number of hydrogen-bond acceptors (Lipinski definition) is 4. The average molecular weight is 452 g/mol. The highest BCUT2D eigenvalue weighted by atomic mass is 35.5. The van der Waals surface area contributed by atoms with Crippen molar-refractivity contribution in [2.24, 2.45) is 5.92 Å². The second kappa shape index (κ2) is 10.5. The third kappa shape index (κ3) is 6.38. The number of piperidine rings is 1. The van der Waals surface area contributed by atoms with E-state index in [-0.39, 0.29) is 28.5 Å². The summed E-state index contributed by atoms with van der Waals surface area (Å²) in [6.45, 7) is -0.0483. The zero-order valence-electron chi connectivity index (χ0n) is 17.0. The van der Waals surface area contributed by atoms with Gasteiger partial charge < -0.3 is 15.4 Å². The molecule has 2 aromatic rings. The molecular formula is C22H24ClF2N3O3. The third-order valence-electron chi connectivity index (χ3n) is 5.21. The van der Waals surface area contributed by atoms with Crippen molar-refractivity contribution in [2.75, 3.05) is 23.7 Å². The minimum Gasteiger partial charge on any atom is -0.433 e. The van der Waals surface area contributed by atoms with Crippen LogP contribution in [0.3, 0.4) is 0 Å². The number of halogens is 3. The Balaban J connectivity index is 1.57. The smallest absolute Gasteiger partial charge is 0.387 e. The Kier molecular flexibility index (Phi) is 7.81. The van der Waals surface area contributed by atoms with Gasteiger partial charge in [0.1, 0.15) is 5.75 Å². The normalized spacial score (nSPS) is 17.8. The lowest BCUT2D eigenvalue weighted by molar-refractivity contribution is -0.125. The summed E-state index contributed by atoms with van der Waals surface area (Å²) in [5.74, 6) is -0.719. The number of alkyl halides is 2. The number of carbonyl (C=O) groups is 2. The first-order chi connectivity index (χ1) is 14.8. The van der Waals surface area contributed by atoms with Gasteiger partial charge in [0.2, 0.25) is 11.8 Å². The van der Waals surface area contributed by atoms with Crippen molar-refractivity contribution >= 4 is 34.8 Å². The van der Waals surface area contributed by atoms with E-state index in [1.165, 1.54) is 18.2 Å². The first-order valence-electron chi connectivity index (χ1n) is 9.98. The molecule has 2 amide bonds. The molecule has 9 heteroatoms. The van der Waals surface area contributed by atoms with Crippen LogP contribution in [0.15, 0.2) is 48.5 Å². The van der Waals surface area contributed by atoms with Crippen LogP contribution in [0.25, 0.3) is 0 Å². The third-order valence-corrected chi connectivity index (χ3v) is 5.50. The van der Waals surface area contributed by atoms with Crippen LogP contribution >= 0.6 is 11.6 Å². The number of likely N-dealkylation sites (tertiary alicyclic amines) is 1. The molecule has 2 N–H and O–H groups in total. The maximum Gasteiger partial charge on any atom is 0.387 e. The number of benzene rings is 2. The molecule has 0 unspecified atom stereocenters. The van der Waals surface area contributed by atoms with Gasteiger partial charge in [0.25, 0.3) is 0 Å². The fraction of sp³-hybridized carbons (Fsp3) is 0.364. The lowest BCUT2D eigenvalue weighted by Crippen LogP contribution is -2.49. The molecule has 3 rings (SSSR count). The summed E-state index contributed by atoms with van der Waals surface area (Å²) in [6.07, 6.45) is 1.56. The van der Waals surface area contributed by atoms with Crippen LogP contribution in [0.5, 0.6) is 5.75 Å². The SMILES string of the molecule is C[C@@H](C(=O)Nc1ccc(OC(F)F)c(Cl)c1)N1CCC[C@H](C(=O)Nc2ccccc2)C1. The van der Waals surface area contributed by atoms with Gasteiger partial charge in [0, 0.05) is 17.9 Å². The number of para-hydroxylation sites is 1. The van der Waals surface area contributed by atoms with Gasteiger partial charge in [-0.25, -0.2) is 0 Å². The Morgan fingerprint density at radius 2 is 1.87 bits per heavy atom. The van der Waals surface area contributed by atoms with Gasteiger partial charge in [-0.2, -0.15) is 8.78 Å². The fourth-order valence-electron chi connectivity index (χ4n) is 3.52. The van der Waals surface area contributed by atoms with Gasteiger partial charge in [0.15, 0.2) is 0 Å². The van der Waals surface area contributed by atoms with E-state index in [0.717, 1.165) is 18.5 Å². The van der Waals surface area contributed by atoms with Crippen LogP contribution in [0.2, 0.25) is 5.02 Å². The van der Waals surface area contributed by atoms with E-state index in [4.69, 9.17) is 11.6 Å². The highest BCUT2D eigenvalue weighted by Crippen LogP contribution is 2.29. The summed E-state index contributed by atoms with van der Waals surface area (Å²) in [4.78, 5) is 27.3. The van der Waals surface area contributed by atoms with E-state index in [9.17, 15) is 18.4 Å². The van der Waals surface area contributed by atoms with Gasteiger partial charge in [-0.15, -0.1) is 0 Å². The number of nitrogens with zero attached hydrogens (tertiary/aromatic N) is 1. The summed E-state index contributed by atoms with van der Waals surface area (Å²) >= 11 is 5.94. The van der Waals surface area contributed by atoms with E-state index in [2.05, 4.69) is 15.4 Å². The minimum atomic E-state index is -2.98. The molecular weight excluding hydrogens is 428 g/mol. The van der Waals surface area contributed by atoms with Crippen molar-refractivity contribution in [1.82, 2.24) is 4.90 Å². The van der Waals surface area contributed by atoms with Gasteiger partial charge in [0.05, 0.1) is 17.0 Å². The van der Waals surface area contributed by atoms with Crippen LogP contribution in [-0.4, -0.2) is 42.5 Å². The van der Waals surface area contributed by atoms with Crippen LogP contribution in [0, 0.1) is 5.92 Å². The number of hydrogen-bond donors (Lipinski definition) is 2. The predicted molar refractivity (Wildman–Crippen MR) is 116 cm³/mol. The Morgan fingerprint density at radius 3 is 2.55 bits per heavy atom.